The molecular formula is C13H15F2N3O2S. The van der Waals surface area contributed by atoms with Gasteiger partial charge in [0.1, 0.15) is 0 Å². The monoisotopic (exact) mass is 315 g/mol. The molecule has 0 aliphatic heterocycles. The van der Waals surface area contributed by atoms with E-state index in [0.717, 1.165) is 11.1 Å². The van der Waals surface area contributed by atoms with Gasteiger partial charge in [0, 0.05) is 5.25 Å². The number of hydrogen-bond acceptors (Lipinski definition) is 5. The number of carboxylic acid groups (broad SMARTS) is 1. The Morgan fingerprint density at radius 1 is 1.33 bits per heavy atom. The minimum Gasteiger partial charge on any atom is -0.476 e. The molecule has 0 saturated carbocycles. The number of nitrogens with one attached hydrogen (secondary N) is 1. The van der Waals surface area contributed by atoms with E-state index in [4.69, 9.17) is 16.7 Å². The molecule has 1 aromatic rings. The number of aryl methyl sites for hydroxylation is 1. The summed E-state index contributed by atoms with van der Waals surface area (Å²) in [6.45, 7) is 0. The van der Waals surface area contributed by atoms with E-state index in [9.17, 15) is 13.6 Å². The Bertz CT molecular complexity index is 607. The van der Waals surface area contributed by atoms with Crippen LogP contribution in [0.2, 0.25) is 0 Å². The van der Waals surface area contributed by atoms with Gasteiger partial charge in [-0.1, -0.05) is 0 Å². The Kier molecular flexibility index (Phi) is 4.69. The second-order valence-electron chi connectivity index (χ2n) is 4.71. The lowest BCUT2D eigenvalue weighted by molar-refractivity contribution is -0.133. The molecule has 6 N–H and O–H groups in total. The third kappa shape index (κ3) is 3.45. The second-order valence-corrected chi connectivity index (χ2v) is 6.05. The van der Waals surface area contributed by atoms with Gasteiger partial charge >= 0.3 is 5.97 Å². The summed E-state index contributed by atoms with van der Waals surface area (Å²) in [5, 5.41) is 8.97. The Morgan fingerprint density at radius 3 is 2.52 bits per heavy atom. The molecule has 1 unspecified atom stereocenters. The van der Waals surface area contributed by atoms with E-state index in [1.165, 1.54) is 23.9 Å². The number of thioether (sulfide) groups is 1. The first kappa shape index (κ1) is 15.6. The summed E-state index contributed by atoms with van der Waals surface area (Å²) >= 11 is 1.17. The molecule has 0 radical (unpaired) electrons. The summed E-state index contributed by atoms with van der Waals surface area (Å²) < 4.78 is 26.4. The summed E-state index contributed by atoms with van der Waals surface area (Å²) in [6, 6.07) is 2.41. The molecule has 0 aromatic heterocycles. The fourth-order valence-corrected chi connectivity index (χ4v) is 3.41. The number of rotatable bonds is 4. The third-order valence-electron chi connectivity index (χ3n) is 3.32. The van der Waals surface area contributed by atoms with Crippen molar-refractivity contribution < 1.29 is 18.7 Å². The van der Waals surface area contributed by atoms with Crippen LogP contribution in [0.5, 0.6) is 0 Å². The van der Waals surface area contributed by atoms with E-state index in [2.05, 4.69) is 5.43 Å². The number of fused-ring (bicyclic) bond motifs is 1. The molecule has 1 aliphatic rings. The number of halogens is 2. The van der Waals surface area contributed by atoms with Crippen LogP contribution in [0.4, 0.5) is 8.78 Å². The zero-order valence-electron chi connectivity index (χ0n) is 11.0. The number of nitrogens with two attached hydrogens (primary N) is 2. The number of benzene rings is 1. The summed E-state index contributed by atoms with van der Waals surface area (Å²) in [4.78, 5) is 10.9. The van der Waals surface area contributed by atoms with Gasteiger partial charge in [0.15, 0.2) is 17.3 Å². The number of carbonyl (C=O) groups is 1. The van der Waals surface area contributed by atoms with Gasteiger partial charge in [-0.15, -0.1) is 11.8 Å². The van der Waals surface area contributed by atoms with Crippen LogP contribution in [-0.2, 0) is 17.6 Å². The predicted octanol–water partition coefficient (Wildman–Crippen LogP) is 1.23. The van der Waals surface area contributed by atoms with Crippen LogP contribution in [-0.4, -0.2) is 16.3 Å². The first-order chi connectivity index (χ1) is 9.92. The van der Waals surface area contributed by atoms with Crippen molar-refractivity contribution in [2.24, 2.45) is 11.6 Å². The largest absolute Gasteiger partial charge is 0.476 e. The zero-order valence-corrected chi connectivity index (χ0v) is 11.8. The Balaban J connectivity index is 2.15. The Morgan fingerprint density at radius 2 is 1.95 bits per heavy atom. The van der Waals surface area contributed by atoms with Crippen molar-refractivity contribution in [3.8, 4) is 0 Å². The van der Waals surface area contributed by atoms with Gasteiger partial charge in [-0.05, 0) is 42.5 Å². The van der Waals surface area contributed by atoms with E-state index in [0.29, 0.717) is 19.3 Å². The highest BCUT2D eigenvalue weighted by molar-refractivity contribution is 8.03. The zero-order chi connectivity index (χ0) is 15.6. The first-order valence-electron chi connectivity index (χ1n) is 6.25. The average molecular weight is 315 g/mol. The normalized spacial score (nSPS) is 18.7. The molecule has 1 atom stereocenters. The molecule has 114 valence electrons. The van der Waals surface area contributed by atoms with Crippen LogP contribution < -0.4 is 17.0 Å². The molecule has 0 fully saturated rings. The van der Waals surface area contributed by atoms with Crippen molar-refractivity contribution in [3.63, 3.8) is 0 Å². The van der Waals surface area contributed by atoms with Crippen molar-refractivity contribution in [2.75, 3.05) is 0 Å². The SMILES string of the molecule is NN/C(C(=O)O)=C(\N)SC1CCc2cc(F)c(F)cc2C1. The van der Waals surface area contributed by atoms with E-state index in [1.807, 2.05) is 0 Å². The maximum absolute atomic E-state index is 13.3. The fraction of sp³-hybridized carbons (Fsp3) is 0.308. The molecule has 0 heterocycles. The topological polar surface area (TPSA) is 101 Å². The Labute approximate surface area is 124 Å². The minimum absolute atomic E-state index is 0.00920. The minimum atomic E-state index is -1.24. The molecule has 2 rings (SSSR count). The number of hydrogen-bond donors (Lipinski definition) is 4. The van der Waals surface area contributed by atoms with Gasteiger partial charge in [0.05, 0.1) is 5.03 Å². The molecule has 8 heteroatoms. The highest BCUT2D eigenvalue weighted by atomic mass is 32.2. The maximum atomic E-state index is 13.3. The lowest BCUT2D eigenvalue weighted by atomic mass is 9.91. The number of hydrazine groups is 1. The molecule has 0 amide bonds. The average Bonchev–Trinajstić information content (AvgIpc) is 2.40. The molecule has 0 saturated heterocycles. The molecule has 0 bridgehead atoms. The van der Waals surface area contributed by atoms with Gasteiger partial charge < -0.3 is 16.3 Å². The quantitative estimate of drug-likeness (QED) is 0.379. The lowest BCUT2D eigenvalue weighted by Crippen LogP contribution is -2.30. The van der Waals surface area contributed by atoms with Gasteiger partial charge in [0.2, 0.25) is 0 Å². The summed E-state index contributed by atoms with van der Waals surface area (Å²) in [6.07, 6.45) is 1.78. The van der Waals surface area contributed by atoms with Gasteiger partial charge in [-0.2, -0.15) is 0 Å². The van der Waals surface area contributed by atoms with Crippen LogP contribution in [0, 0.1) is 11.6 Å². The van der Waals surface area contributed by atoms with Crippen LogP contribution in [0.25, 0.3) is 0 Å². The summed E-state index contributed by atoms with van der Waals surface area (Å²) in [5.41, 5.74) is 9.01. The second kappa shape index (κ2) is 6.31. The fourth-order valence-electron chi connectivity index (χ4n) is 2.29. The summed E-state index contributed by atoms with van der Waals surface area (Å²) in [7, 11) is 0. The molecule has 1 aliphatic carbocycles. The highest BCUT2D eigenvalue weighted by Gasteiger charge is 2.23. The predicted molar refractivity (Wildman–Crippen MR) is 75.9 cm³/mol. The van der Waals surface area contributed by atoms with Gasteiger partial charge in [0.25, 0.3) is 0 Å². The van der Waals surface area contributed by atoms with E-state index < -0.39 is 17.6 Å². The third-order valence-corrected chi connectivity index (χ3v) is 4.52. The first-order valence-corrected chi connectivity index (χ1v) is 7.13. The van der Waals surface area contributed by atoms with E-state index in [1.54, 1.807) is 0 Å². The molecular weight excluding hydrogens is 300 g/mol. The van der Waals surface area contributed by atoms with Crippen LogP contribution in [0.1, 0.15) is 17.5 Å². The molecule has 21 heavy (non-hydrogen) atoms. The standard InChI is InChI=1S/C13H15F2N3O2S/c14-9-4-6-1-2-8(3-7(6)5-10(9)15)21-12(16)11(18-17)13(19)20/h4-5,8,18H,1-3,16-17H2,(H,19,20)/b12-11+. The lowest BCUT2D eigenvalue weighted by Gasteiger charge is -2.24. The maximum Gasteiger partial charge on any atom is 0.356 e. The van der Waals surface area contributed by atoms with Gasteiger partial charge in [-0.25, -0.2) is 13.6 Å². The van der Waals surface area contributed by atoms with Gasteiger partial charge in [-0.3, -0.25) is 5.84 Å². The molecule has 5 nitrogen and oxygen atoms in total. The van der Waals surface area contributed by atoms with Crippen LogP contribution in [0.3, 0.4) is 0 Å². The smallest absolute Gasteiger partial charge is 0.356 e. The molecule has 1 aromatic carbocycles. The number of aliphatic carboxylic acids is 1. The highest BCUT2D eigenvalue weighted by Crippen LogP contribution is 2.33. The number of carboxylic acids is 1. The van der Waals surface area contributed by atoms with Crippen molar-refractivity contribution in [2.45, 2.75) is 24.5 Å². The molecule has 0 spiro atoms. The van der Waals surface area contributed by atoms with Crippen molar-refractivity contribution in [3.05, 3.63) is 45.6 Å². The van der Waals surface area contributed by atoms with E-state index >= 15 is 0 Å². The van der Waals surface area contributed by atoms with Crippen LogP contribution in [0.15, 0.2) is 22.9 Å². The van der Waals surface area contributed by atoms with Crippen LogP contribution >= 0.6 is 11.8 Å². The van der Waals surface area contributed by atoms with Crippen molar-refractivity contribution in [1.29, 1.82) is 0 Å². The van der Waals surface area contributed by atoms with Crippen molar-refractivity contribution >= 4 is 17.7 Å². The Hall–Kier alpha value is -1.80. The summed E-state index contributed by atoms with van der Waals surface area (Å²) in [5.74, 6) is 2.15. The van der Waals surface area contributed by atoms with E-state index in [-0.39, 0.29) is 16.0 Å². The van der Waals surface area contributed by atoms with Crippen molar-refractivity contribution in [1.82, 2.24) is 5.43 Å².